The third-order valence-electron chi connectivity index (χ3n) is 1.31. The average molecular weight is 161 g/mol. The van der Waals surface area contributed by atoms with Crippen LogP contribution in [0.15, 0.2) is 31.0 Å². The molecule has 2 aromatic heterocycles. The Morgan fingerprint density at radius 3 is 2.83 bits per heavy atom. The van der Waals surface area contributed by atoms with Gasteiger partial charge < -0.3 is 10.3 Å². The van der Waals surface area contributed by atoms with Crippen LogP contribution in [0.2, 0.25) is 0 Å². The molecule has 0 saturated carbocycles. The van der Waals surface area contributed by atoms with Gasteiger partial charge in [0.15, 0.2) is 5.82 Å². The highest BCUT2D eigenvalue weighted by atomic mass is 15.1. The Morgan fingerprint density at radius 1 is 1.17 bits per heavy atom. The van der Waals surface area contributed by atoms with E-state index in [1.54, 1.807) is 31.0 Å². The summed E-state index contributed by atoms with van der Waals surface area (Å²) in [6, 6.07) is 0. The summed E-state index contributed by atoms with van der Waals surface area (Å²) in [6.07, 6.45) is 8.26. The summed E-state index contributed by atoms with van der Waals surface area (Å²) < 4.78 is 0. The summed E-state index contributed by atoms with van der Waals surface area (Å²) in [5.41, 5.74) is 0. The van der Waals surface area contributed by atoms with Crippen molar-refractivity contribution in [3.63, 3.8) is 0 Å². The van der Waals surface area contributed by atoms with Crippen molar-refractivity contribution < 1.29 is 0 Å². The smallest absolute Gasteiger partial charge is 0.205 e. The van der Waals surface area contributed by atoms with Gasteiger partial charge in [-0.05, 0) is 0 Å². The fourth-order valence-electron chi connectivity index (χ4n) is 0.819. The highest BCUT2D eigenvalue weighted by Gasteiger charge is 1.94. The van der Waals surface area contributed by atoms with Gasteiger partial charge in [-0.25, -0.2) is 9.97 Å². The molecule has 0 saturated heterocycles. The van der Waals surface area contributed by atoms with Crippen molar-refractivity contribution in [3.8, 4) is 0 Å². The van der Waals surface area contributed by atoms with Crippen LogP contribution in [0.1, 0.15) is 0 Å². The first kappa shape index (κ1) is 6.78. The summed E-state index contributed by atoms with van der Waals surface area (Å²) in [5.74, 6) is 1.34. The summed E-state index contributed by atoms with van der Waals surface area (Å²) in [6.45, 7) is 0. The highest BCUT2D eigenvalue weighted by molar-refractivity contribution is 5.44. The summed E-state index contributed by atoms with van der Waals surface area (Å²) >= 11 is 0. The molecule has 2 aromatic rings. The Hall–Kier alpha value is -1.91. The predicted molar refractivity (Wildman–Crippen MR) is 43.9 cm³/mol. The lowest BCUT2D eigenvalue weighted by atomic mass is 10.6. The molecule has 5 heteroatoms. The van der Waals surface area contributed by atoms with Crippen LogP contribution in [-0.4, -0.2) is 19.9 Å². The molecule has 0 aliphatic heterocycles. The van der Waals surface area contributed by atoms with Gasteiger partial charge in [-0.15, -0.1) is 0 Å². The molecule has 0 aromatic carbocycles. The number of nitrogens with zero attached hydrogens (tertiary/aromatic N) is 3. The number of hydrogen-bond donors (Lipinski definition) is 2. The standard InChI is InChI=1S/C7H7N5/c1-2-9-6(5-8-1)12-7-10-3-4-11-7/h1-5H,(H2,9,10,11,12). The maximum atomic E-state index is 4.02. The van der Waals surface area contributed by atoms with Gasteiger partial charge in [0.1, 0.15) is 0 Å². The van der Waals surface area contributed by atoms with E-state index >= 15 is 0 Å². The Labute approximate surface area is 68.9 Å². The number of hydrogen-bond acceptors (Lipinski definition) is 4. The molecule has 0 amide bonds. The van der Waals surface area contributed by atoms with Crippen molar-refractivity contribution in [2.75, 3.05) is 5.32 Å². The minimum Gasteiger partial charge on any atom is -0.331 e. The topological polar surface area (TPSA) is 66.5 Å². The number of imidazole rings is 1. The Morgan fingerprint density at radius 2 is 2.17 bits per heavy atom. The zero-order valence-corrected chi connectivity index (χ0v) is 6.23. The molecular weight excluding hydrogens is 154 g/mol. The van der Waals surface area contributed by atoms with Crippen LogP contribution in [0, 0.1) is 0 Å². The summed E-state index contributed by atoms with van der Waals surface area (Å²) in [4.78, 5) is 14.8. The van der Waals surface area contributed by atoms with Crippen molar-refractivity contribution >= 4 is 11.8 Å². The monoisotopic (exact) mass is 161 g/mol. The number of aromatic amines is 1. The molecule has 0 atom stereocenters. The van der Waals surface area contributed by atoms with Crippen molar-refractivity contribution in [1.29, 1.82) is 0 Å². The van der Waals surface area contributed by atoms with Crippen LogP contribution in [-0.2, 0) is 0 Å². The molecule has 0 spiro atoms. The molecule has 2 heterocycles. The molecule has 5 nitrogen and oxygen atoms in total. The predicted octanol–water partition coefficient (Wildman–Crippen LogP) is 0.943. The second-order valence-corrected chi connectivity index (χ2v) is 2.15. The quantitative estimate of drug-likeness (QED) is 0.688. The molecule has 0 bridgehead atoms. The van der Waals surface area contributed by atoms with Crippen LogP contribution in [0.3, 0.4) is 0 Å². The lowest BCUT2D eigenvalue weighted by molar-refractivity contribution is 1.17. The first-order valence-corrected chi connectivity index (χ1v) is 3.47. The maximum absolute atomic E-state index is 4.02. The molecule has 0 fully saturated rings. The van der Waals surface area contributed by atoms with E-state index in [1.165, 1.54) is 0 Å². The first-order chi connectivity index (χ1) is 5.95. The van der Waals surface area contributed by atoms with Crippen molar-refractivity contribution in [2.24, 2.45) is 0 Å². The molecule has 0 aliphatic carbocycles. The SMILES string of the molecule is c1cnc(Nc2ncc[nH]2)cn1. The number of nitrogens with one attached hydrogen (secondary N) is 2. The van der Waals surface area contributed by atoms with Gasteiger partial charge in [0.25, 0.3) is 0 Å². The van der Waals surface area contributed by atoms with Crippen LogP contribution >= 0.6 is 0 Å². The zero-order valence-electron chi connectivity index (χ0n) is 6.23. The molecule has 12 heavy (non-hydrogen) atoms. The van der Waals surface area contributed by atoms with Gasteiger partial charge in [-0.3, -0.25) is 4.98 Å². The van der Waals surface area contributed by atoms with Gasteiger partial charge in [-0.1, -0.05) is 0 Å². The van der Waals surface area contributed by atoms with E-state index in [1.807, 2.05) is 0 Å². The normalized spacial score (nSPS) is 9.67. The number of rotatable bonds is 2. The second kappa shape index (κ2) is 3.00. The van der Waals surface area contributed by atoms with E-state index in [-0.39, 0.29) is 0 Å². The Balaban J connectivity index is 2.15. The van der Waals surface area contributed by atoms with Crippen molar-refractivity contribution in [1.82, 2.24) is 19.9 Å². The zero-order chi connectivity index (χ0) is 8.23. The summed E-state index contributed by atoms with van der Waals surface area (Å²) in [7, 11) is 0. The van der Waals surface area contributed by atoms with Gasteiger partial charge in [0.05, 0.1) is 6.20 Å². The maximum Gasteiger partial charge on any atom is 0.205 e. The van der Waals surface area contributed by atoms with E-state index in [4.69, 9.17) is 0 Å². The second-order valence-electron chi connectivity index (χ2n) is 2.15. The lowest BCUT2D eigenvalue weighted by Crippen LogP contribution is -1.94. The van der Waals surface area contributed by atoms with E-state index in [0.29, 0.717) is 11.8 Å². The number of anilines is 2. The van der Waals surface area contributed by atoms with Crippen molar-refractivity contribution in [2.45, 2.75) is 0 Å². The Bertz CT molecular complexity index is 328. The average Bonchev–Trinajstić information content (AvgIpc) is 2.59. The van der Waals surface area contributed by atoms with E-state index in [0.717, 1.165) is 0 Å². The minimum absolute atomic E-state index is 0.663. The third kappa shape index (κ3) is 1.39. The molecule has 0 unspecified atom stereocenters. The van der Waals surface area contributed by atoms with Gasteiger partial charge in [0, 0.05) is 24.8 Å². The van der Waals surface area contributed by atoms with Gasteiger partial charge in [-0.2, -0.15) is 0 Å². The fraction of sp³-hybridized carbons (Fsp3) is 0. The molecule has 2 N–H and O–H groups in total. The summed E-state index contributed by atoms with van der Waals surface area (Å²) in [5, 5.41) is 2.94. The van der Waals surface area contributed by atoms with E-state index in [9.17, 15) is 0 Å². The first-order valence-electron chi connectivity index (χ1n) is 3.47. The van der Waals surface area contributed by atoms with Crippen molar-refractivity contribution in [3.05, 3.63) is 31.0 Å². The number of aromatic nitrogens is 4. The van der Waals surface area contributed by atoms with E-state index < -0.39 is 0 Å². The van der Waals surface area contributed by atoms with Crippen LogP contribution in [0.4, 0.5) is 11.8 Å². The molecule has 0 radical (unpaired) electrons. The fourth-order valence-corrected chi connectivity index (χ4v) is 0.819. The largest absolute Gasteiger partial charge is 0.331 e. The minimum atomic E-state index is 0.663. The van der Waals surface area contributed by atoms with Gasteiger partial charge >= 0.3 is 0 Å². The van der Waals surface area contributed by atoms with Gasteiger partial charge in [0.2, 0.25) is 5.95 Å². The molecule has 0 aliphatic rings. The molecular formula is C7H7N5. The Kier molecular flexibility index (Phi) is 1.69. The lowest BCUT2D eigenvalue weighted by Gasteiger charge is -1.98. The third-order valence-corrected chi connectivity index (χ3v) is 1.31. The number of H-pyrrole nitrogens is 1. The van der Waals surface area contributed by atoms with E-state index in [2.05, 4.69) is 25.3 Å². The van der Waals surface area contributed by atoms with Crippen LogP contribution < -0.4 is 5.32 Å². The van der Waals surface area contributed by atoms with Crippen LogP contribution in [0.5, 0.6) is 0 Å². The highest BCUT2D eigenvalue weighted by Crippen LogP contribution is 2.05. The van der Waals surface area contributed by atoms with Crippen LogP contribution in [0.25, 0.3) is 0 Å². The molecule has 60 valence electrons. The molecule has 2 rings (SSSR count).